The molecule has 7 nitrogen and oxygen atoms in total. The van der Waals surface area contributed by atoms with Gasteiger partial charge in [-0.15, -0.1) is 11.3 Å². The van der Waals surface area contributed by atoms with Crippen LogP contribution in [0.3, 0.4) is 0 Å². The number of nitrogens with one attached hydrogen (secondary N) is 1. The lowest BCUT2D eigenvalue weighted by Crippen LogP contribution is -2.23. The van der Waals surface area contributed by atoms with E-state index in [9.17, 15) is 9.59 Å². The van der Waals surface area contributed by atoms with Gasteiger partial charge in [0.25, 0.3) is 5.91 Å². The fourth-order valence-corrected chi connectivity index (χ4v) is 4.04. The standard InChI is InChI=1S/C21H16ClN3O4S/c1-28-20-15(21(27)29-2)7-12-5-14(22)6-13(18(12)25-20)9-23-19(26)11-3-4-17-16(8-11)24-10-30-17/h3-8,10H,9H2,1-2H3,(H,23,26). The fourth-order valence-electron chi connectivity index (χ4n) is 3.13. The first-order valence-corrected chi connectivity index (χ1v) is 10.1. The maximum Gasteiger partial charge on any atom is 0.343 e. The van der Waals surface area contributed by atoms with E-state index in [2.05, 4.69) is 15.3 Å². The van der Waals surface area contributed by atoms with Gasteiger partial charge in [0.05, 0.1) is 35.5 Å². The first-order valence-electron chi connectivity index (χ1n) is 8.87. The van der Waals surface area contributed by atoms with E-state index in [4.69, 9.17) is 21.1 Å². The van der Waals surface area contributed by atoms with Crippen LogP contribution in [-0.2, 0) is 11.3 Å². The Bertz CT molecular complexity index is 1290. The molecule has 9 heteroatoms. The average Bonchev–Trinajstić information content (AvgIpc) is 3.23. The lowest BCUT2D eigenvalue weighted by molar-refractivity contribution is 0.0596. The Morgan fingerprint density at radius 2 is 2.00 bits per heavy atom. The summed E-state index contributed by atoms with van der Waals surface area (Å²) >= 11 is 7.77. The topological polar surface area (TPSA) is 90.4 Å². The predicted molar refractivity (Wildman–Crippen MR) is 115 cm³/mol. The molecule has 0 spiro atoms. The minimum atomic E-state index is -0.562. The number of hydrogen-bond acceptors (Lipinski definition) is 7. The number of rotatable bonds is 5. The van der Waals surface area contributed by atoms with Gasteiger partial charge in [-0.05, 0) is 42.0 Å². The SMILES string of the molecule is COC(=O)c1cc2cc(Cl)cc(CNC(=O)c3ccc4scnc4c3)c2nc1OC. The number of carbonyl (C=O) groups excluding carboxylic acids is 2. The van der Waals surface area contributed by atoms with Crippen LogP contribution in [0.15, 0.2) is 41.9 Å². The van der Waals surface area contributed by atoms with Gasteiger partial charge in [0.2, 0.25) is 5.88 Å². The molecule has 0 saturated heterocycles. The van der Waals surface area contributed by atoms with E-state index in [0.717, 1.165) is 10.2 Å². The number of fused-ring (bicyclic) bond motifs is 2. The van der Waals surface area contributed by atoms with E-state index < -0.39 is 5.97 Å². The molecule has 0 saturated carbocycles. The average molecular weight is 442 g/mol. The third-order valence-corrected chi connectivity index (χ3v) is 5.59. The fraction of sp³-hybridized carbons (Fsp3) is 0.143. The van der Waals surface area contributed by atoms with Gasteiger partial charge in [0, 0.05) is 22.5 Å². The highest BCUT2D eigenvalue weighted by molar-refractivity contribution is 7.16. The lowest BCUT2D eigenvalue weighted by atomic mass is 10.1. The van der Waals surface area contributed by atoms with Crippen molar-refractivity contribution in [1.82, 2.24) is 15.3 Å². The van der Waals surface area contributed by atoms with E-state index >= 15 is 0 Å². The van der Waals surface area contributed by atoms with Crippen LogP contribution in [0.5, 0.6) is 5.88 Å². The molecule has 1 amide bonds. The summed E-state index contributed by atoms with van der Waals surface area (Å²) in [6.45, 7) is 0.193. The highest BCUT2D eigenvalue weighted by Crippen LogP contribution is 2.28. The highest BCUT2D eigenvalue weighted by atomic mass is 35.5. The molecule has 152 valence electrons. The van der Waals surface area contributed by atoms with Crippen molar-refractivity contribution in [1.29, 1.82) is 0 Å². The quantitative estimate of drug-likeness (QED) is 0.466. The number of carbonyl (C=O) groups is 2. The number of hydrogen-bond donors (Lipinski definition) is 1. The summed E-state index contributed by atoms with van der Waals surface area (Å²) in [5, 5.41) is 3.98. The second-order valence-electron chi connectivity index (χ2n) is 6.39. The molecular weight excluding hydrogens is 426 g/mol. The van der Waals surface area contributed by atoms with Crippen molar-refractivity contribution in [2.75, 3.05) is 14.2 Å². The van der Waals surface area contributed by atoms with E-state index in [0.29, 0.717) is 27.1 Å². The number of nitrogens with zero attached hydrogens (tertiary/aromatic N) is 2. The Labute approximate surface area is 180 Å². The number of ether oxygens (including phenoxy) is 2. The normalized spacial score (nSPS) is 10.9. The van der Waals surface area contributed by atoms with Crippen LogP contribution in [0.1, 0.15) is 26.3 Å². The predicted octanol–water partition coefficient (Wildman–Crippen LogP) is 4.22. The van der Waals surface area contributed by atoms with E-state index in [1.165, 1.54) is 25.6 Å². The van der Waals surface area contributed by atoms with Crippen molar-refractivity contribution in [2.45, 2.75) is 6.54 Å². The number of thiazole rings is 1. The van der Waals surface area contributed by atoms with Gasteiger partial charge in [-0.3, -0.25) is 4.79 Å². The Hall–Kier alpha value is -3.23. The Morgan fingerprint density at radius 1 is 1.17 bits per heavy atom. The number of benzene rings is 2. The summed E-state index contributed by atoms with van der Waals surface area (Å²) < 4.78 is 11.1. The largest absolute Gasteiger partial charge is 0.480 e. The summed E-state index contributed by atoms with van der Waals surface area (Å²) in [5.41, 5.74) is 4.49. The molecule has 4 aromatic rings. The minimum Gasteiger partial charge on any atom is -0.480 e. The Balaban J connectivity index is 1.66. The van der Waals surface area contributed by atoms with Crippen molar-refractivity contribution in [3.05, 3.63) is 63.6 Å². The number of esters is 1. The molecule has 0 aliphatic heterocycles. The van der Waals surface area contributed by atoms with Crippen LogP contribution in [0.25, 0.3) is 21.1 Å². The number of methoxy groups -OCH3 is 2. The van der Waals surface area contributed by atoms with Crippen LogP contribution >= 0.6 is 22.9 Å². The molecule has 0 unspecified atom stereocenters. The zero-order chi connectivity index (χ0) is 21.3. The van der Waals surface area contributed by atoms with Gasteiger partial charge in [-0.25, -0.2) is 14.8 Å². The molecule has 0 atom stereocenters. The molecule has 0 radical (unpaired) electrons. The van der Waals surface area contributed by atoms with E-state index in [1.807, 2.05) is 6.07 Å². The first-order chi connectivity index (χ1) is 14.5. The number of aromatic nitrogens is 2. The summed E-state index contributed by atoms with van der Waals surface area (Å²) in [6, 6.07) is 10.4. The van der Waals surface area contributed by atoms with Gasteiger partial charge in [-0.2, -0.15) is 0 Å². The number of pyridine rings is 1. The molecule has 0 aliphatic rings. The third-order valence-electron chi connectivity index (χ3n) is 4.56. The second-order valence-corrected chi connectivity index (χ2v) is 7.71. The maximum absolute atomic E-state index is 12.6. The second kappa shape index (κ2) is 8.25. The minimum absolute atomic E-state index is 0.137. The molecule has 0 aliphatic carbocycles. The summed E-state index contributed by atoms with van der Waals surface area (Å²) in [5.74, 6) is -0.664. The molecule has 30 heavy (non-hydrogen) atoms. The Kier molecular flexibility index (Phi) is 5.52. The molecule has 0 bridgehead atoms. The van der Waals surface area contributed by atoms with E-state index in [-0.39, 0.29) is 23.9 Å². The van der Waals surface area contributed by atoms with E-state index in [1.54, 1.807) is 35.8 Å². The zero-order valence-electron chi connectivity index (χ0n) is 16.1. The van der Waals surface area contributed by atoms with Crippen LogP contribution < -0.4 is 10.1 Å². The highest BCUT2D eigenvalue weighted by Gasteiger charge is 2.18. The molecule has 2 aromatic carbocycles. The third kappa shape index (κ3) is 3.79. The van der Waals surface area contributed by atoms with Gasteiger partial charge >= 0.3 is 5.97 Å². The Morgan fingerprint density at radius 3 is 2.77 bits per heavy atom. The summed E-state index contributed by atoms with van der Waals surface area (Å²) in [6.07, 6.45) is 0. The molecular formula is C21H16ClN3O4S. The molecule has 0 fully saturated rings. The van der Waals surface area contributed by atoms with Crippen LogP contribution in [0, 0.1) is 0 Å². The van der Waals surface area contributed by atoms with Crippen molar-refractivity contribution in [2.24, 2.45) is 0 Å². The van der Waals surface area contributed by atoms with Crippen LogP contribution in [0.2, 0.25) is 5.02 Å². The zero-order valence-corrected chi connectivity index (χ0v) is 17.6. The monoisotopic (exact) mass is 441 g/mol. The van der Waals surface area contributed by atoms with Crippen molar-refractivity contribution >= 4 is 55.9 Å². The number of amides is 1. The van der Waals surface area contributed by atoms with Gasteiger partial charge in [0.15, 0.2) is 0 Å². The van der Waals surface area contributed by atoms with Crippen molar-refractivity contribution < 1.29 is 19.1 Å². The van der Waals surface area contributed by atoms with Crippen LogP contribution in [0.4, 0.5) is 0 Å². The molecule has 1 N–H and O–H groups in total. The summed E-state index contributed by atoms with van der Waals surface area (Å²) in [4.78, 5) is 33.3. The first kappa shape index (κ1) is 20.1. The molecule has 2 aromatic heterocycles. The summed E-state index contributed by atoms with van der Waals surface area (Å²) in [7, 11) is 2.71. The smallest absolute Gasteiger partial charge is 0.343 e. The molecule has 4 rings (SSSR count). The van der Waals surface area contributed by atoms with Crippen molar-refractivity contribution in [3.8, 4) is 5.88 Å². The van der Waals surface area contributed by atoms with Gasteiger partial charge in [-0.1, -0.05) is 11.6 Å². The van der Waals surface area contributed by atoms with Crippen LogP contribution in [-0.4, -0.2) is 36.1 Å². The maximum atomic E-state index is 12.6. The lowest BCUT2D eigenvalue weighted by Gasteiger charge is -2.12. The van der Waals surface area contributed by atoms with Gasteiger partial charge < -0.3 is 14.8 Å². The van der Waals surface area contributed by atoms with Gasteiger partial charge in [0.1, 0.15) is 5.56 Å². The molecule has 2 heterocycles. The van der Waals surface area contributed by atoms with Crippen molar-refractivity contribution in [3.63, 3.8) is 0 Å². The number of halogens is 1.